The number of amides is 1. The van der Waals surface area contributed by atoms with Crippen molar-refractivity contribution >= 4 is 29.5 Å². The number of nitrogens with zero attached hydrogens (tertiary/aromatic N) is 1. The summed E-state index contributed by atoms with van der Waals surface area (Å²) < 4.78 is 0. The van der Waals surface area contributed by atoms with E-state index in [1.54, 1.807) is 19.2 Å². The fourth-order valence-corrected chi connectivity index (χ4v) is 2.60. The van der Waals surface area contributed by atoms with Crippen molar-refractivity contribution in [2.45, 2.75) is 18.9 Å². The van der Waals surface area contributed by atoms with Gasteiger partial charge in [0.1, 0.15) is 6.04 Å². The van der Waals surface area contributed by atoms with E-state index in [2.05, 4.69) is 5.32 Å². The van der Waals surface area contributed by atoms with Crippen LogP contribution in [0, 0.1) is 0 Å². The first-order chi connectivity index (χ1) is 8.69. The molecule has 1 amide bonds. The number of carbonyl (C=O) groups is 2. The first-order valence-electron chi connectivity index (χ1n) is 5.91. The molecule has 0 aliphatic carbocycles. The van der Waals surface area contributed by atoms with Crippen LogP contribution in [0.5, 0.6) is 0 Å². The molecule has 5 heteroatoms. The fourth-order valence-electron chi connectivity index (χ4n) is 2.39. The second-order valence-corrected chi connectivity index (χ2v) is 4.66. The highest BCUT2D eigenvalue weighted by Gasteiger charge is 2.31. The zero-order valence-electron chi connectivity index (χ0n) is 10.1. The number of aldehydes is 1. The smallest absolute Gasteiger partial charge is 0.242 e. The molecule has 0 saturated carbocycles. The third-order valence-electron chi connectivity index (χ3n) is 3.26. The zero-order valence-corrected chi connectivity index (χ0v) is 10.9. The van der Waals surface area contributed by atoms with Gasteiger partial charge in [-0.25, -0.2) is 0 Å². The summed E-state index contributed by atoms with van der Waals surface area (Å²) in [5, 5.41) is 3.08. The van der Waals surface area contributed by atoms with Gasteiger partial charge in [0, 0.05) is 19.3 Å². The van der Waals surface area contributed by atoms with Crippen molar-refractivity contribution < 1.29 is 9.59 Å². The molecule has 1 atom stereocenters. The number of hydrogen-bond donors (Lipinski definition) is 1. The topological polar surface area (TPSA) is 49.4 Å². The van der Waals surface area contributed by atoms with Crippen molar-refractivity contribution in [2.24, 2.45) is 0 Å². The van der Waals surface area contributed by atoms with Crippen molar-refractivity contribution in [1.82, 2.24) is 5.32 Å². The lowest BCUT2D eigenvalue weighted by Crippen LogP contribution is -2.42. The molecule has 0 radical (unpaired) electrons. The number of halogens is 1. The summed E-state index contributed by atoms with van der Waals surface area (Å²) in [7, 11) is 1.62. The van der Waals surface area contributed by atoms with Gasteiger partial charge in [0.05, 0.1) is 10.6 Å². The van der Waals surface area contributed by atoms with E-state index in [-0.39, 0.29) is 11.9 Å². The molecule has 2 rings (SSSR count). The third-order valence-corrected chi connectivity index (χ3v) is 3.59. The van der Waals surface area contributed by atoms with Crippen LogP contribution in [0.3, 0.4) is 0 Å². The minimum Gasteiger partial charge on any atom is -0.359 e. The molecule has 1 aromatic rings. The van der Waals surface area contributed by atoms with Crippen LogP contribution in [0.15, 0.2) is 18.2 Å². The minimum absolute atomic E-state index is 0.0238. The highest BCUT2D eigenvalue weighted by molar-refractivity contribution is 6.33. The number of carbonyl (C=O) groups excluding carboxylic acids is 2. The van der Waals surface area contributed by atoms with Crippen LogP contribution in [0.1, 0.15) is 23.2 Å². The third kappa shape index (κ3) is 2.20. The number of nitrogens with one attached hydrogen (secondary N) is 1. The lowest BCUT2D eigenvalue weighted by Gasteiger charge is -2.26. The van der Waals surface area contributed by atoms with Gasteiger partial charge in [0.2, 0.25) is 5.91 Å². The molecule has 1 aliphatic rings. The lowest BCUT2D eigenvalue weighted by molar-refractivity contribution is -0.121. The molecule has 18 heavy (non-hydrogen) atoms. The first-order valence-corrected chi connectivity index (χ1v) is 6.28. The average molecular weight is 267 g/mol. The van der Waals surface area contributed by atoms with Crippen molar-refractivity contribution in [1.29, 1.82) is 0 Å². The summed E-state index contributed by atoms with van der Waals surface area (Å²) in [6.45, 7) is 0.763. The maximum Gasteiger partial charge on any atom is 0.242 e. The van der Waals surface area contributed by atoms with Gasteiger partial charge in [-0.3, -0.25) is 9.59 Å². The Balaban J connectivity index is 2.39. The lowest BCUT2D eigenvalue weighted by atomic mass is 10.1. The van der Waals surface area contributed by atoms with Crippen molar-refractivity contribution in [2.75, 3.05) is 18.5 Å². The Morgan fingerprint density at radius 3 is 3.00 bits per heavy atom. The van der Waals surface area contributed by atoms with E-state index in [0.717, 1.165) is 31.4 Å². The van der Waals surface area contributed by atoms with Crippen LogP contribution < -0.4 is 10.2 Å². The van der Waals surface area contributed by atoms with E-state index in [0.29, 0.717) is 10.6 Å². The van der Waals surface area contributed by atoms with Crippen LogP contribution in [0.2, 0.25) is 5.02 Å². The molecular weight excluding hydrogens is 252 g/mol. The van der Waals surface area contributed by atoms with Gasteiger partial charge in [-0.05, 0) is 25.0 Å². The summed E-state index contributed by atoms with van der Waals surface area (Å²) in [6, 6.07) is 5.09. The standard InChI is InChI=1S/C13H15ClN2O2/c1-15-13(18)12-6-3-7-16(12)11-5-2-4-10(14)9(11)8-17/h2,4-5,8,12H,3,6-7H2,1H3,(H,15,18). The Morgan fingerprint density at radius 2 is 2.33 bits per heavy atom. The number of benzene rings is 1. The van der Waals surface area contributed by atoms with Crippen LogP contribution >= 0.6 is 11.6 Å². The molecule has 96 valence electrons. The largest absolute Gasteiger partial charge is 0.359 e. The number of anilines is 1. The Bertz CT molecular complexity index is 476. The van der Waals surface area contributed by atoms with Crippen LogP contribution in [-0.2, 0) is 4.79 Å². The first kappa shape index (κ1) is 12.9. The number of hydrogen-bond acceptors (Lipinski definition) is 3. The summed E-state index contributed by atoms with van der Waals surface area (Å²) in [6.07, 6.45) is 2.48. The molecular formula is C13H15ClN2O2. The predicted molar refractivity (Wildman–Crippen MR) is 71.3 cm³/mol. The van der Waals surface area contributed by atoms with E-state index in [1.807, 2.05) is 11.0 Å². The van der Waals surface area contributed by atoms with Gasteiger partial charge in [-0.2, -0.15) is 0 Å². The molecule has 0 aromatic heterocycles. The summed E-state index contributed by atoms with van der Waals surface area (Å²) in [5.74, 6) is -0.0238. The predicted octanol–water partition coefficient (Wildman–Crippen LogP) is 1.87. The molecule has 1 aromatic carbocycles. The Kier molecular flexibility index (Phi) is 3.87. The normalized spacial score (nSPS) is 18.8. The van der Waals surface area contributed by atoms with Gasteiger partial charge in [0.15, 0.2) is 6.29 Å². The van der Waals surface area contributed by atoms with Crippen LogP contribution in [0.4, 0.5) is 5.69 Å². The van der Waals surface area contributed by atoms with Gasteiger partial charge in [0.25, 0.3) is 0 Å². The summed E-state index contributed by atoms with van der Waals surface area (Å²) >= 11 is 6.01. The highest BCUT2D eigenvalue weighted by atomic mass is 35.5. The van der Waals surface area contributed by atoms with Gasteiger partial charge in [-0.1, -0.05) is 17.7 Å². The van der Waals surface area contributed by atoms with E-state index in [1.165, 1.54) is 0 Å². The SMILES string of the molecule is CNC(=O)C1CCCN1c1cccc(Cl)c1C=O. The maximum atomic E-state index is 11.8. The van der Waals surface area contributed by atoms with E-state index < -0.39 is 0 Å². The van der Waals surface area contributed by atoms with E-state index in [4.69, 9.17) is 11.6 Å². The quantitative estimate of drug-likeness (QED) is 0.850. The van der Waals surface area contributed by atoms with Crippen molar-refractivity contribution in [3.8, 4) is 0 Å². The summed E-state index contributed by atoms with van der Waals surface area (Å²) in [5.41, 5.74) is 1.19. The molecule has 1 heterocycles. The van der Waals surface area contributed by atoms with Gasteiger partial charge >= 0.3 is 0 Å². The maximum absolute atomic E-state index is 11.8. The number of rotatable bonds is 3. The monoisotopic (exact) mass is 266 g/mol. The van der Waals surface area contributed by atoms with Crippen LogP contribution in [0.25, 0.3) is 0 Å². The number of likely N-dealkylation sites (N-methyl/N-ethyl adjacent to an activating group) is 1. The molecule has 0 bridgehead atoms. The average Bonchev–Trinajstić information content (AvgIpc) is 2.86. The molecule has 1 fully saturated rings. The second-order valence-electron chi connectivity index (χ2n) is 4.26. The van der Waals surface area contributed by atoms with Crippen LogP contribution in [-0.4, -0.2) is 31.8 Å². The highest BCUT2D eigenvalue weighted by Crippen LogP contribution is 2.31. The molecule has 1 unspecified atom stereocenters. The fraction of sp³-hybridized carbons (Fsp3) is 0.385. The molecule has 0 spiro atoms. The van der Waals surface area contributed by atoms with Gasteiger partial charge in [-0.15, -0.1) is 0 Å². The minimum atomic E-state index is -0.216. The van der Waals surface area contributed by atoms with Gasteiger partial charge < -0.3 is 10.2 Å². The van der Waals surface area contributed by atoms with E-state index in [9.17, 15) is 9.59 Å². The zero-order chi connectivity index (χ0) is 13.1. The van der Waals surface area contributed by atoms with Crippen molar-refractivity contribution in [3.05, 3.63) is 28.8 Å². The second kappa shape index (κ2) is 5.40. The molecule has 1 aliphatic heterocycles. The van der Waals surface area contributed by atoms with E-state index >= 15 is 0 Å². The Morgan fingerprint density at radius 1 is 1.56 bits per heavy atom. The Labute approximate surface area is 111 Å². The molecule has 1 saturated heterocycles. The van der Waals surface area contributed by atoms with Crippen molar-refractivity contribution in [3.63, 3.8) is 0 Å². The molecule has 4 nitrogen and oxygen atoms in total. The summed E-state index contributed by atoms with van der Waals surface area (Å²) in [4.78, 5) is 24.9. The molecule has 1 N–H and O–H groups in total. The Hall–Kier alpha value is -1.55.